The first-order valence-electron chi connectivity index (χ1n) is 6.97. The zero-order valence-corrected chi connectivity index (χ0v) is 11.6. The average molecular weight is 226 g/mol. The van der Waals surface area contributed by atoms with Gasteiger partial charge in [0.2, 0.25) is 0 Å². The molecule has 96 valence electrons. The number of rotatable bonds is 6. The largest absolute Gasteiger partial charge is 0.316 e. The van der Waals surface area contributed by atoms with Crippen molar-refractivity contribution in [3.05, 3.63) is 0 Å². The molecule has 0 radical (unpaired) electrons. The van der Waals surface area contributed by atoms with E-state index >= 15 is 0 Å². The standard InChI is InChI=1S/C14H30N2/c1-5-12(2)9-16-11-14(3,4)13-7-6-8-15-10-13/h12-13,15-16H,5-11H2,1-4H3. The van der Waals surface area contributed by atoms with Gasteiger partial charge in [0.1, 0.15) is 0 Å². The molecule has 1 saturated heterocycles. The predicted molar refractivity (Wildman–Crippen MR) is 71.7 cm³/mol. The quantitative estimate of drug-likeness (QED) is 0.727. The lowest BCUT2D eigenvalue weighted by atomic mass is 9.75. The maximum Gasteiger partial charge on any atom is 0.000576 e. The van der Waals surface area contributed by atoms with Gasteiger partial charge in [0.15, 0.2) is 0 Å². The van der Waals surface area contributed by atoms with Gasteiger partial charge in [0, 0.05) is 6.54 Å². The number of hydrogen-bond acceptors (Lipinski definition) is 2. The molecular weight excluding hydrogens is 196 g/mol. The van der Waals surface area contributed by atoms with E-state index in [1.807, 2.05) is 0 Å². The van der Waals surface area contributed by atoms with Gasteiger partial charge in [-0.1, -0.05) is 34.1 Å². The van der Waals surface area contributed by atoms with Gasteiger partial charge in [-0.15, -0.1) is 0 Å². The molecule has 1 aliphatic heterocycles. The minimum absolute atomic E-state index is 0.431. The summed E-state index contributed by atoms with van der Waals surface area (Å²) in [5.41, 5.74) is 0.431. The van der Waals surface area contributed by atoms with Crippen LogP contribution in [0.1, 0.15) is 47.0 Å². The van der Waals surface area contributed by atoms with Crippen LogP contribution in [-0.4, -0.2) is 26.2 Å². The summed E-state index contributed by atoms with van der Waals surface area (Å²) in [4.78, 5) is 0. The fourth-order valence-corrected chi connectivity index (χ4v) is 2.45. The lowest BCUT2D eigenvalue weighted by Gasteiger charge is -2.37. The van der Waals surface area contributed by atoms with E-state index in [0.717, 1.165) is 18.4 Å². The monoisotopic (exact) mass is 226 g/mol. The first kappa shape index (κ1) is 14.0. The Morgan fingerprint density at radius 2 is 2.19 bits per heavy atom. The maximum absolute atomic E-state index is 3.65. The van der Waals surface area contributed by atoms with Gasteiger partial charge in [-0.3, -0.25) is 0 Å². The van der Waals surface area contributed by atoms with Gasteiger partial charge in [-0.25, -0.2) is 0 Å². The van der Waals surface area contributed by atoms with Crippen molar-refractivity contribution in [2.75, 3.05) is 26.2 Å². The highest BCUT2D eigenvalue weighted by Crippen LogP contribution is 2.30. The summed E-state index contributed by atoms with van der Waals surface area (Å²) >= 11 is 0. The van der Waals surface area contributed by atoms with E-state index in [0.29, 0.717) is 5.41 Å². The molecule has 0 aromatic rings. The Kier molecular flexibility index (Phi) is 5.77. The molecule has 0 saturated carbocycles. The second-order valence-corrected chi connectivity index (χ2v) is 6.18. The molecule has 1 rings (SSSR count). The van der Waals surface area contributed by atoms with Crippen LogP contribution in [0.2, 0.25) is 0 Å². The Bertz CT molecular complexity index is 183. The third-order valence-electron chi connectivity index (χ3n) is 4.17. The molecule has 0 spiro atoms. The molecule has 0 aromatic carbocycles. The second kappa shape index (κ2) is 6.61. The molecule has 1 aliphatic rings. The summed E-state index contributed by atoms with van der Waals surface area (Å²) in [5, 5.41) is 7.17. The highest BCUT2D eigenvalue weighted by atomic mass is 14.9. The first-order valence-corrected chi connectivity index (χ1v) is 6.97. The Morgan fingerprint density at radius 3 is 2.75 bits per heavy atom. The summed E-state index contributed by atoms with van der Waals surface area (Å²) in [6.45, 7) is 14.2. The molecule has 2 N–H and O–H groups in total. The van der Waals surface area contributed by atoms with Gasteiger partial charge in [-0.05, 0) is 49.7 Å². The zero-order valence-electron chi connectivity index (χ0n) is 11.6. The third kappa shape index (κ3) is 4.42. The van der Waals surface area contributed by atoms with Crippen molar-refractivity contribution in [1.82, 2.24) is 10.6 Å². The Balaban J connectivity index is 2.26. The minimum atomic E-state index is 0.431. The lowest BCUT2D eigenvalue weighted by Crippen LogP contribution is -2.44. The molecule has 1 fully saturated rings. The van der Waals surface area contributed by atoms with Crippen LogP contribution >= 0.6 is 0 Å². The summed E-state index contributed by atoms with van der Waals surface area (Å²) in [7, 11) is 0. The van der Waals surface area contributed by atoms with Crippen molar-refractivity contribution in [1.29, 1.82) is 0 Å². The van der Waals surface area contributed by atoms with E-state index in [9.17, 15) is 0 Å². The first-order chi connectivity index (χ1) is 7.56. The molecule has 2 atom stereocenters. The van der Waals surface area contributed by atoms with Crippen LogP contribution in [-0.2, 0) is 0 Å². The van der Waals surface area contributed by atoms with Crippen LogP contribution in [0.4, 0.5) is 0 Å². The minimum Gasteiger partial charge on any atom is -0.316 e. The average Bonchev–Trinajstić information content (AvgIpc) is 2.30. The fourth-order valence-electron chi connectivity index (χ4n) is 2.45. The van der Waals surface area contributed by atoms with Crippen LogP contribution in [0, 0.1) is 17.3 Å². The molecule has 2 unspecified atom stereocenters. The molecule has 0 aromatic heterocycles. The zero-order chi connectivity index (χ0) is 12.0. The highest BCUT2D eigenvalue weighted by Gasteiger charge is 2.30. The number of piperidine rings is 1. The fraction of sp³-hybridized carbons (Fsp3) is 1.00. The van der Waals surface area contributed by atoms with Gasteiger partial charge >= 0.3 is 0 Å². The number of hydrogen-bond donors (Lipinski definition) is 2. The van der Waals surface area contributed by atoms with Crippen molar-refractivity contribution in [2.45, 2.75) is 47.0 Å². The van der Waals surface area contributed by atoms with Gasteiger partial charge in [-0.2, -0.15) is 0 Å². The van der Waals surface area contributed by atoms with Crippen molar-refractivity contribution in [3.63, 3.8) is 0 Å². The Hall–Kier alpha value is -0.0800. The highest BCUT2D eigenvalue weighted by molar-refractivity contribution is 4.84. The molecule has 2 nitrogen and oxygen atoms in total. The smallest absolute Gasteiger partial charge is 0.000576 e. The summed E-state index contributed by atoms with van der Waals surface area (Å²) < 4.78 is 0. The Morgan fingerprint density at radius 1 is 1.44 bits per heavy atom. The molecule has 1 heterocycles. The molecule has 0 aliphatic carbocycles. The topological polar surface area (TPSA) is 24.1 Å². The third-order valence-corrected chi connectivity index (χ3v) is 4.17. The molecule has 0 amide bonds. The van der Waals surface area contributed by atoms with Gasteiger partial charge < -0.3 is 10.6 Å². The van der Waals surface area contributed by atoms with E-state index < -0.39 is 0 Å². The van der Waals surface area contributed by atoms with E-state index in [1.54, 1.807) is 0 Å². The molecule has 2 heteroatoms. The van der Waals surface area contributed by atoms with Gasteiger partial charge in [0.05, 0.1) is 0 Å². The van der Waals surface area contributed by atoms with Crippen molar-refractivity contribution < 1.29 is 0 Å². The molecular formula is C14H30N2. The van der Waals surface area contributed by atoms with Crippen LogP contribution in [0.3, 0.4) is 0 Å². The summed E-state index contributed by atoms with van der Waals surface area (Å²) in [5.74, 6) is 1.64. The van der Waals surface area contributed by atoms with E-state index in [2.05, 4.69) is 38.3 Å². The van der Waals surface area contributed by atoms with Crippen molar-refractivity contribution >= 4 is 0 Å². The SMILES string of the molecule is CCC(C)CNCC(C)(C)C1CCCNC1. The van der Waals surface area contributed by atoms with E-state index in [4.69, 9.17) is 0 Å². The van der Waals surface area contributed by atoms with Crippen LogP contribution < -0.4 is 10.6 Å². The maximum atomic E-state index is 3.65. The van der Waals surface area contributed by atoms with Gasteiger partial charge in [0.25, 0.3) is 0 Å². The van der Waals surface area contributed by atoms with Crippen molar-refractivity contribution in [2.24, 2.45) is 17.3 Å². The summed E-state index contributed by atoms with van der Waals surface area (Å²) in [6, 6.07) is 0. The Labute approximate surface area is 102 Å². The predicted octanol–water partition coefficient (Wildman–Crippen LogP) is 2.65. The molecule has 16 heavy (non-hydrogen) atoms. The van der Waals surface area contributed by atoms with E-state index in [-0.39, 0.29) is 0 Å². The lowest BCUT2D eigenvalue weighted by molar-refractivity contribution is 0.164. The molecule has 0 bridgehead atoms. The number of nitrogens with one attached hydrogen (secondary N) is 2. The van der Waals surface area contributed by atoms with Crippen molar-refractivity contribution in [3.8, 4) is 0 Å². The van der Waals surface area contributed by atoms with Crippen LogP contribution in [0.25, 0.3) is 0 Å². The second-order valence-electron chi connectivity index (χ2n) is 6.18. The van der Waals surface area contributed by atoms with Crippen LogP contribution in [0.5, 0.6) is 0 Å². The summed E-state index contributed by atoms with van der Waals surface area (Å²) in [6.07, 6.45) is 4.02. The normalized spacial score (nSPS) is 24.4. The van der Waals surface area contributed by atoms with E-state index in [1.165, 1.54) is 38.9 Å². The van der Waals surface area contributed by atoms with Crippen LogP contribution in [0.15, 0.2) is 0 Å².